The third kappa shape index (κ3) is 1.21. The Balaban J connectivity index is 2.65. The van der Waals surface area contributed by atoms with Gasteiger partial charge in [-0.15, -0.1) is 0 Å². The molecule has 0 saturated carbocycles. The SMILES string of the molecule is C[C@H]1OC(C)(C)NC1=O. The summed E-state index contributed by atoms with van der Waals surface area (Å²) in [6.07, 6.45) is -0.292. The molecule has 0 aromatic rings. The largest absolute Gasteiger partial charge is 0.344 e. The quantitative estimate of drug-likeness (QED) is 0.509. The second kappa shape index (κ2) is 1.70. The Labute approximate surface area is 54.4 Å². The molecule has 3 nitrogen and oxygen atoms in total. The number of rotatable bonds is 0. The van der Waals surface area contributed by atoms with Crippen LogP contribution in [-0.2, 0) is 9.53 Å². The first-order valence-electron chi connectivity index (χ1n) is 3.01. The van der Waals surface area contributed by atoms with Crippen molar-refractivity contribution in [2.75, 3.05) is 0 Å². The van der Waals surface area contributed by atoms with Crippen molar-refractivity contribution in [3.05, 3.63) is 0 Å². The van der Waals surface area contributed by atoms with Gasteiger partial charge in [0, 0.05) is 0 Å². The Kier molecular flexibility index (Phi) is 1.24. The summed E-state index contributed by atoms with van der Waals surface area (Å²) in [4.78, 5) is 10.8. The standard InChI is InChI=1S/C6H11NO2/c1-4-5(8)7-6(2,3)9-4/h4H,1-3H3,(H,7,8)/t4-/m1/s1. The summed E-state index contributed by atoms with van der Waals surface area (Å²) in [7, 11) is 0. The highest BCUT2D eigenvalue weighted by Gasteiger charge is 2.34. The molecule has 1 aliphatic heterocycles. The van der Waals surface area contributed by atoms with Gasteiger partial charge in [-0.05, 0) is 20.8 Å². The smallest absolute Gasteiger partial charge is 0.251 e. The van der Waals surface area contributed by atoms with Gasteiger partial charge in [0.1, 0.15) is 11.8 Å². The minimum absolute atomic E-state index is 0.0278. The molecule has 0 bridgehead atoms. The van der Waals surface area contributed by atoms with Crippen LogP contribution in [0.15, 0.2) is 0 Å². The first-order chi connectivity index (χ1) is 4.01. The van der Waals surface area contributed by atoms with Crippen molar-refractivity contribution >= 4 is 5.91 Å². The average molecular weight is 129 g/mol. The van der Waals surface area contributed by atoms with Crippen molar-refractivity contribution in [2.45, 2.75) is 32.6 Å². The topological polar surface area (TPSA) is 38.3 Å². The van der Waals surface area contributed by atoms with E-state index in [0.717, 1.165) is 0 Å². The zero-order valence-corrected chi connectivity index (χ0v) is 5.89. The van der Waals surface area contributed by atoms with E-state index in [4.69, 9.17) is 4.74 Å². The number of hydrogen-bond acceptors (Lipinski definition) is 2. The first kappa shape index (κ1) is 6.55. The Morgan fingerprint density at radius 1 is 1.67 bits per heavy atom. The molecule has 1 saturated heterocycles. The first-order valence-corrected chi connectivity index (χ1v) is 3.01. The van der Waals surface area contributed by atoms with Crippen molar-refractivity contribution in [3.8, 4) is 0 Å². The number of hydrogen-bond donors (Lipinski definition) is 1. The Morgan fingerprint density at radius 3 is 2.33 bits per heavy atom. The molecule has 3 heteroatoms. The third-order valence-corrected chi connectivity index (χ3v) is 1.26. The molecule has 0 unspecified atom stereocenters. The second-order valence-corrected chi connectivity index (χ2v) is 2.76. The van der Waals surface area contributed by atoms with Crippen LogP contribution in [-0.4, -0.2) is 17.7 Å². The van der Waals surface area contributed by atoms with E-state index in [1.807, 2.05) is 13.8 Å². The van der Waals surface area contributed by atoms with E-state index in [1.54, 1.807) is 6.92 Å². The molecule has 9 heavy (non-hydrogen) atoms. The number of carbonyl (C=O) groups is 1. The molecule has 1 amide bonds. The van der Waals surface area contributed by atoms with Gasteiger partial charge in [-0.1, -0.05) is 0 Å². The van der Waals surface area contributed by atoms with Gasteiger partial charge in [-0.2, -0.15) is 0 Å². The molecule has 1 atom stereocenters. The molecule has 1 rings (SSSR count). The van der Waals surface area contributed by atoms with Crippen LogP contribution in [0.4, 0.5) is 0 Å². The molecule has 0 spiro atoms. The molecule has 52 valence electrons. The molecule has 0 aromatic carbocycles. The van der Waals surface area contributed by atoms with E-state index in [-0.39, 0.29) is 12.0 Å². The maximum absolute atomic E-state index is 10.8. The summed E-state index contributed by atoms with van der Waals surface area (Å²) in [5.74, 6) is -0.0278. The van der Waals surface area contributed by atoms with Crippen LogP contribution in [0.1, 0.15) is 20.8 Å². The van der Waals surface area contributed by atoms with E-state index in [1.165, 1.54) is 0 Å². The summed E-state index contributed by atoms with van der Waals surface area (Å²) in [6.45, 7) is 5.40. The molecule has 0 radical (unpaired) electrons. The van der Waals surface area contributed by atoms with Gasteiger partial charge in [0.05, 0.1) is 0 Å². The van der Waals surface area contributed by atoms with Crippen molar-refractivity contribution in [1.29, 1.82) is 0 Å². The van der Waals surface area contributed by atoms with Gasteiger partial charge in [0.2, 0.25) is 0 Å². The molecule has 0 aliphatic carbocycles. The lowest BCUT2D eigenvalue weighted by Gasteiger charge is -2.15. The van der Waals surface area contributed by atoms with E-state index in [0.29, 0.717) is 0 Å². The Morgan fingerprint density at radius 2 is 2.22 bits per heavy atom. The van der Waals surface area contributed by atoms with Crippen LogP contribution < -0.4 is 5.32 Å². The molecule has 0 aromatic heterocycles. The highest BCUT2D eigenvalue weighted by molar-refractivity contribution is 5.82. The van der Waals surface area contributed by atoms with Gasteiger partial charge in [0.15, 0.2) is 0 Å². The number of carbonyl (C=O) groups excluding carboxylic acids is 1. The van der Waals surface area contributed by atoms with Crippen molar-refractivity contribution in [3.63, 3.8) is 0 Å². The maximum Gasteiger partial charge on any atom is 0.251 e. The number of nitrogens with one attached hydrogen (secondary N) is 1. The number of ether oxygens (including phenoxy) is 1. The predicted octanol–water partition coefficient (Wildman–Crippen LogP) is 0.257. The van der Waals surface area contributed by atoms with Crippen LogP contribution in [0, 0.1) is 0 Å². The zero-order valence-electron chi connectivity index (χ0n) is 5.89. The van der Waals surface area contributed by atoms with Gasteiger partial charge in [-0.25, -0.2) is 0 Å². The van der Waals surface area contributed by atoms with E-state index < -0.39 is 5.72 Å². The van der Waals surface area contributed by atoms with E-state index >= 15 is 0 Å². The van der Waals surface area contributed by atoms with Crippen LogP contribution in [0.3, 0.4) is 0 Å². The lowest BCUT2D eigenvalue weighted by atomic mass is 10.3. The summed E-state index contributed by atoms with van der Waals surface area (Å²) < 4.78 is 5.20. The molecule has 1 aliphatic rings. The summed E-state index contributed by atoms with van der Waals surface area (Å²) in [5.41, 5.74) is -0.462. The van der Waals surface area contributed by atoms with Gasteiger partial charge in [0.25, 0.3) is 5.91 Å². The molecule has 1 fully saturated rings. The summed E-state index contributed by atoms with van der Waals surface area (Å²) in [5, 5.41) is 2.68. The fourth-order valence-electron chi connectivity index (χ4n) is 0.923. The fourth-order valence-corrected chi connectivity index (χ4v) is 0.923. The lowest BCUT2D eigenvalue weighted by Crippen LogP contribution is -2.35. The molecule has 1 N–H and O–H groups in total. The minimum Gasteiger partial charge on any atom is -0.344 e. The van der Waals surface area contributed by atoms with Crippen molar-refractivity contribution in [1.82, 2.24) is 5.32 Å². The monoisotopic (exact) mass is 129 g/mol. The minimum atomic E-state index is -0.462. The Hall–Kier alpha value is -0.570. The zero-order chi connectivity index (χ0) is 7.07. The van der Waals surface area contributed by atoms with Crippen molar-refractivity contribution in [2.24, 2.45) is 0 Å². The van der Waals surface area contributed by atoms with E-state index in [9.17, 15) is 4.79 Å². The Bertz CT molecular complexity index is 142. The second-order valence-electron chi connectivity index (χ2n) is 2.76. The average Bonchev–Trinajstić information content (AvgIpc) is 1.79. The maximum atomic E-state index is 10.8. The van der Waals surface area contributed by atoms with Crippen molar-refractivity contribution < 1.29 is 9.53 Å². The molecular formula is C6H11NO2. The fraction of sp³-hybridized carbons (Fsp3) is 0.833. The van der Waals surface area contributed by atoms with Crippen LogP contribution in [0.2, 0.25) is 0 Å². The summed E-state index contributed by atoms with van der Waals surface area (Å²) >= 11 is 0. The normalized spacial score (nSPS) is 32.3. The van der Waals surface area contributed by atoms with Gasteiger partial charge < -0.3 is 10.1 Å². The van der Waals surface area contributed by atoms with Crippen LogP contribution >= 0.6 is 0 Å². The number of amides is 1. The van der Waals surface area contributed by atoms with Gasteiger partial charge in [-0.3, -0.25) is 4.79 Å². The van der Waals surface area contributed by atoms with Crippen LogP contribution in [0.25, 0.3) is 0 Å². The highest BCUT2D eigenvalue weighted by atomic mass is 16.5. The lowest BCUT2D eigenvalue weighted by molar-refractivity contribution is -0.123. The third-order valence-electron chi connectivity index (χ3n) is 1.26. The predicted molar refractivity (Wildman–Crippen MR) is 32.8 cm³/mol. The van der Waals surface area contributed by atoms with Gasteiger partial charge >= 0.3 is 0 Å². The molecular weight excluding hydrogens is 118 g/mol. The summed E-state index contributed by atoms with van der Waals surface area (Å²) in [6, 6.07) is 0. The van der Waals surface area contributed by atoms with Crippen LogP contribution in [0.5, 0.6) is 0 Å². The molecule has 1 heterocycles. The van der Waals surface area contributed by atoms with E-state index in [2.05, 4.69) is 5.32 Å². The highest BCUT2D eigenvalue weighted by Crippen LogP contribution is 2.15.